The van der Waals surface area contributed by atoms with Gasteiger partial charge in [0.05, 0.1) is 25.4 Å². The predicted molar refractivity (Wildman–Crippen MR) is 69.5 cm³/mol. The van der Waals surface area contributed by atoms with Gasteiger partial charge < -0.3 is 10.1 Å². The van der Waals surface area contributed by atoms with Crippen LogP contribution in [0.5, 0.6) is 0 Å². The van der Waals surface area contributed by atoms with E-state index in [1.54, 1.807) is 18.2 Å². The number of rotatable bonds is 3. The monoisotopic (exact) mass is 274 g/mol. The molecule has 0 atom stereocenters. The summed E-state index contributed by atoms with van der Waals surface area (Å²) in [6, 6.07) is 6.15. The van der Waals surface area contributed by atoms with Crippen LogP contribution in [0.25, 0.3) is 0 Å². The standard InChI is InChI=1S/C12H15FN2O2.ClH/c13-10-3-1-2-4-11(10)14-12(16)9-15-5-7-17-8-6-15;/h1-4H,5-9H2,(H,14,16);1H. The molecule has 6 heteroatoms. The molecule has 1 aromatic rings. The lowest BCUT2D eigenvalue weighted by Gasteiger charge is -2.25. The second kappa shape index (κ2) is 7.31. The van der Waals surface area contributed by atoms with E-state index >= 15 is 0 Å². The number of anilines is 1. The summed E-state index contributed by atoms with van der Waals surface area (Å²) >= 11 is 0. The molecule has 0 unspecified atom stereocenters. The van der Waals surface area contributed by atoms with E-state index in [0.717, 1.165) is 13.1 Å². The zero-order valence-corrected chi connectivity index (χ0v) is 10.7. The van der Waals surface area contributed by atoms with Crippen LogP contribution >= 0.6 is 12.4 Å². The lowest BCUT2D eigenvalue weighted by atomic mass is 10.3. The van der Waals surface area contributed by atoms with Gasteiger partial charge in [-0.25, -0.2) is 4.39 Å². The normalized spacial score (nSPS) is 15.8. The summed E-state index contributed by atoms with van der Waals surface area (Å²) in [7, 11) is 0. The van der Waals surface area contributed by atoms with E-state index in [2.05, 4.69) is 5.32 Å². The number of ether oxygens (including phenoxy) is 1. The van der Waals surface area contributed by atoms with Crippen LogP contribution in [0.4, 0.5) is 10.1 Å². The second-order valence-corrected chi connectivity index (χ2v) is 3.92. The molecule has 1 aromatic carbocycles. The Morgan fingerprint density at radius 1 is 1.33 bits per heavy atom. The van der Waals surface area contributed by atoms with Crippen molar-refractivity contribution < 1.29 is 13.9 Å². The van der Waals surface area contributed by atoms with Gasteiger partial charge in [-0.05, 0) is 12.1 Å². The smallest absolute Gasteiger partial charge is 0.238 e. The Morgan fingerprint density at radius 2 is 2.00 bits per heavy atom. The van der Waals surface area contributed by atoms with Gasteiger partial charge in [-0.2, -0.15) is 0 Å². The molecule has 0 radical (unpaired) electrons. The first-order valence-corrected chi connectivity index (χ1v) is 5.60. The summed E-state index contributed by atoms with van der Waals surface area (Å²) in [5.41, 5.74) is 0.228. The Morgan fingerprint density at radius 3 is 2.67 bits per heavy atom. The van der Waals surface area contributed by atoms with Gasteiger partial charge in [-0.1, -0.05) is 12.1 Å². The van der Waals surface area contributed by atoms with Gasteiger partial charge in [0, 0.05) is 13.1 Å². The number of halogens is 2. The fourth-order valence-electron chi connectivity index (χ4n) is 1.71. The van der Waals surface area contributed by atoms with Gasteiger partial charge >= 0.3 is 0 Å². The number of nitrogens with zero attached hydrogens (tertiary/aromatic N) is 1. The Kier molecular flexibility index (Phi) is 6.04. The lowest BCUT2D eigenvalue weighted by Crippen LogP contribution is -2.41. The maximum absolute atomic E-state index is 13.3. The molecule has 1 saturated heterocycles. The summed E-state index contributed by atoms with van der Waals surface area (Å²) in [6.07, 6.45) is 0. The summed E-state index contributed by atoms with van der Waals surface area (Å²) in [5, 5.41) is 2.56. The minimum atomic E-state index is -0.414. The predicted octanol–water partition coefficient (Wildman–Crippen LogP) is 1.52. The molecule has 4 nitrogen and oxygen atoms in total. The van der Waals surface area contributed by atoms with Gasteiger partial charge in [-0.3, -0.25) is 9.69 Å². The van der Waals surface area contributed by atoms with Crippen LogP contribution in [0, 0.1) is 5.82 Å². The van der Waals surface area contributed by atoms with E-state index in [-0.39, 0.29) is 30.5 Å². The molecule has 18 heavy (non-hydrogen) atoms. The molecule has 2 rings (SSSR count). The molecule has 0 spiro atoms. The Hall–Kier alpha value is -1.17. The number of carbonyl (C=O) groups excluding carboxylic acids is 1. The molecule has 0 saturated carbocycles. The lowest BCUT2D eigenvalue weighted by molar-refractivity contribution is -0.118. The Labute approximate surface area is 112 Å². The third-order valence-corrected chi connectivity index (χ3v) is 2.62. The van der Waals surface area contributed by atoms with E-state index in [9.17, 15) is 9.18 Å². The third-order valence-electron chi connectivity index (χ3n) is 2.62. The number of nitrogens with one attached hydrogen (secondary N) is 1. The van der Waals surface area contributed by atoms with Crippen molar-refractivity contribution in [1.82, 2.24) is 4.90 Å². The molecular weight excluding hydrogens is 259 g/mol. The second-order valence-electron chi connectivity index (χ2n) is 3.92. The highest BCUT2D eigenvalue weighted by atomic mass is 35.5. The van der Waals surface area contributed by atoms with E-state index in [4.69, 9.17) is 4.74 Å². The average molecular weight is 275 g/mol. The first kappa shape index (κ1) is 14.9. The largest absolute Gasteiger partial charge is 0.379 e. The fraction of sp³-hybridized carbons (Fsp3) is 0.417. The van der Waals surface area contributed by atoms with Crippen molar-refractivity contribution in [3.8, 4) is 0 Å². The summed E-state index contributed by atoms with van der Waals surface area (Å²) in [5.74, 6) is -0.611. The molecule has 1 aliphatic heterocycles. The third kappa shape index (κ3) is 4.25. The Bertz CT molecular complexity index is 397. The number of amides is 1. The molecule has 1 N–H and O–H groups in total. The van der Waals surface area contributed by atoms with Crippen LogP contribution in [0.2, 0.25) is 0 Å². The molecule has 0 aromatic heterocycles. The van der Waals surface area contributed by atoms with Crippen LogP contribution in [0.15, 0.2) is 24.3 Å². The van der Waals surface area contributed by atoms with Crippen molar-refractivity contribution in [3.05, 3.63) is 30.1 Å². The summed E-state index contributed by atoms with van der Waals surface area (Å²) in [6.45, 7) is 3.05. The first-order valence-electron chi connectivity index (χ1n) is 5.60. The number of para-hydroxylation sites is 1. The maximum Gasteiger partial charge on any atom is 0.238 e. The maximum atomic E-state index is 13.3. The highest BCUT2D eigenvalue weighted by Crippen LogP contribution is 2.12. The highest BCUT2D eigenvalue weighted by molar-refractivity contribution is 5.92. The van der Waals surface area contributed by atoms with Crippen molar-refractivity contribution in [2.24, 2.45) is 0 Å². The number of morpholine rings is 1. The van der Waals surface area contributed by atoms with Crippen molar-refractivity contribution in [2.45, 2.75) is 0 Å². The van der Waals surface area contributed by atoms with Crippen LogP contribution in [-0.2, 0) is 9.53 Å². The van der Waals surface area contributed by atoms with E-state index in [1.165, 1.54) is 6.07 Å². The van der Waals surface area contributed by atoms with Crippen LogP contribution in [-0.4, -0.2) is 43.7 Å². The van der Waals surface area contributed by atoms with Crippen molar-refractivity contribution in [3.63, 3.8) is 0 Å². The Balaban J connectivity index is 0.00000162. The quantitative estimate of drug-likeness (QED) is 0.909. The van der Waals surface area contributed by atoms with Gasteiger partial charge in [0.25, 0.3) is 0 Å². The number of carbonyl (C=O) groups is 1. The molecular formula is C12H16ClFN2O2. The van der Waals surface area contributed by atoms with Crippen molar-refractivity contribution >= 4 is 24.0 Å². The van der Waals surface area contributed by atoms with E-state index < -0.39 is 5.82 Å². The molecule has 0 aliphatic carbocycles. The van der Waals surface area contributed by atoms with E-state index in [1.807, 2.05) is 4.90 Å². The minimum absolute atomic E-state index is 0. The minimum Gasteiger partial charge on any atom is -0.379 e. The molecule has 100 valence electrons. The SMILES string of the molecule is Cl.O=C(CN1CCOCC1)Nc1ccccc1F. The molecule has 1 heterocycles. The van der Waals surface area contributed by atoms with Crippen molar-refractivity contribution in [2.75, 3.05) is 38.2 Å². The highest BCUT2D eigenvalue weighted by Gasteiger charge is 2.14. The zero-order chi connectivity index (χ0) is 12.1. The molecule has 1 aliphatic rings. The molecule has 0 bridgehead atoms. The van der Waals surface area contributed by atoms with Gasteiger partial charge in [0.2, 0.25) is 5.91 Å². The molecule has 1 fully saturated rings. The van der Waals surface area contributed by atoms with Crippen LogP contribution in [0.1, 0.15) is 0 Å². The summed E-state index contributed by atoms with van der Waals surface area (Å²) in [4.78, 5) is 13.7. The average Bonchev–Trinajstić information content (AvgIpc) is 2.33. The number of benzene rings is 1. The van der Waals surface area contributed by atoms with Crippen LogP contribution in [0.3, 0.4) is 0 Å². The topological polar surface area (TPSA) is 41.6 Å². The summed E-state index contributed by atoms with van der Waals surface area (Å²) < 4.78 is 18.5. The number of hydrogen-bond acceptors (Lipinski definition) is 3. The van der Waals surface area contributed by atoms with Gasteiger partial charge in [0.1, 0.15) is 5.82 Å². The van der Waals surface area contributed by atoms with E-state index in [0.29, 0.717) is 13.2 Å². The zero-order valence-electron chi connectivity index (χ0n) is 9.89. The molecule has 1 amide bonds. The fourth-order valence-corrected chi connectivity index (χ4v) is 1.71. The van der Waals surface area contributed by atoms with Gasteiger partial charge in [0.15, 0.2) is 0 Å². The first-order chi connectivity index (χ1) is 8.25. The number of hydrogen-bond donors (Lipinski definition) is 1. The van der Waals surface area contributed by atoms with Gasteiger partial charge in [-0.15, -0.1) is 12.4 Å². The van der Waals surface area contributed by atoms with Crippen molar-refractivity contribution in [1.29, 1.82) is 0 Å². The van der Waals surface area contributed by atoms with Crippen LogP contribution < -0.4 is 5.32 Å².